The van der Waals surface area contributed by atoms with Crippen molar-refractivity contribution in [3.63, 3.8) is 0 Å². The number of hydrogen-bond acceptors (Lipinski definition) is 3. The molecule has 32 heavy (non-hydrogen) atoms. The highest BCUT2D eigenvalue weighted by Crippen LogP contribution is 2.37. The average Bonchev–Trinajstić information content (AvgIpc) is 2.84. The summed E-state index contributed by atoms with van der Waals surface area (Å²) in [7, 11) is 0. The third kappa shape index (κ3) is 4.74. The van der Waals surface area contributed by atoms with Crippen LogP contribution in [-0.4, -0.2) is 29.6 Å². The molecule has 0 amide bonds. The van der Waals surface area contributed by atoms with E-state index in [4.69, 9.17) is 11.6 Å². The van der Waals surface area contributed by atoms with E-state index < -0.39 is 11.0 Å². The van der Waals surface area contributed by atoms with Crippen molar-refractivity contribution in [2.24, 2.45) is 0 Å². The fourth-order valence-electron chi connectivity index (χ4n) is 4.87. The monoisotopic (exact) mass is 444 g/mol. The molecule has 0 aliphatic carbocycles. The lowest BCUT2D eigenvalue weighted by Gasteiger charge is -2.39. The van der Waals surface area contributed by atoms with Crippen LogP contribution in [0.2, 0.25) is 5.02 Å². The van der Waals surface area contributed by atoms with Crippen molar-refractivity contribution >= 4 is 11.6 Å². The summed E-state index contributed by atoms with van der Waals surface area (Å²) in [6.07, 6.45) is 3.04. The van der Waals surface area contributed by atoms with Gasteiger partial charge in [-0.1, -0.05) is 84.4 Å². The van der Waals surface area contributed by atoms with Gasteiger partial charge in [-0.15, -0.1) is 0 Å². The molecule has 1 aliphatic heterocycles. The van der Waals surface area contributed by atoms with Crippen LogP contribution in [0.15, 0.2) is 84.9 Å². The molecule has 0 atom stereocenters. The van der Waals surface area contributed by atoms with Gasteiger partial charge < -0.3 is 10.0 Å². The highest BCUT2D eigenvalue weighted by molar-refractivity contribution is 6.30. The van der Waals surface area contributed by atoms with Gasteiger partial charge in [0, 0.05) is 18.1 Å². The topological polar surface area (TPSA) is 47.3 Å². The van der Waals surface area contributed by atoms with Crippen LogP contribution in [0.5, 0.6) is 0 Å². The van der Waals surface area contributed by atoms with Gasteiger partial charge in [0.25, 0.3) is 0 Å². The fraction of sp³-hybridized carbons (Fsp3) is 0.321. The van der Waals surface area contributed by atoms with Gasteiger partial charge in [0.05, 0.1) is 11.7 Å². The van der Waals surface area contributed by atoms with Gasteiger partial charge in [0.15, 0.2) is 0 Å². The normalized spacial score (nSPS) is 16.4. The molecule has 0 spiro atoms. The Morgan fingerprint density at radius 1 is 0.906 bits per heavy atom. The number of benzene rings is 3. The van der Waals surface area contributed by atoms with Crippen LogP contribution in [0, 0.1) is 11.3 Å². The standard InChI is InChI=1S/C28H29ClN2O/c29-26-14-7-13-25(21-26)28(32)16-19-31(20-17-28)18-8-15-27(22-30,23-9-3-1-4-10-23)24-11-5-2-6-12-24/h1-7,9-14,21,32H,8,15-20H2. The van der Waals surface area contributed by atoms with Gasteiger partial charge in [-0.2, -0.15) is 5.26 Å². The van der Waals surface area contributed by atoms with Crippen LogP contribution >= 0.6 is 11.6 Å². The molecule has 3 aromatic carbocycles. The third-order valence-electron chi connectivity index (χ3n) is 6.80. The number of nitriles is 1. The maximum Gasteiger partial charge on any atom is 0.107 e. The molecule has 0 unspecified atom stereocenters. The second kappa shape index (κ2) is 9.88. The van der Waals surface area contributed by atoms with Crippen molar-refractivity contribution in [1.82, 2.24) is 4.90 Å². The Hall–Kier alpha value is -2.64. The second-order valence-electron chi connectivity index (χ2n) is 8.74. The molecule has 164 valence electrons. The molecule has 1 fully saturated rings. The first-order valence-electron chi connectivity index (χ1n) is 11.3. The Morgan fingerprint density at radius 3 is 2.03 bits per heavy atom. The molecule has 4 heteroatoms. The van der Waals surface area contributed by atoms with E-state index in [0.29, 0.717) is 17.9 Å². The minimum atomic E-state index is -0.814. The van der Waals surface area contributed by atoms with Crippen LogP contribution < -0.4 is 0 Å². The summed E-state index contributed by atoms with van der Waals surface area (Å²) in [6.45, 7) is 2.58. The van der Waals surface area contributed by atoms with Crippen molar-refractivity contribution in [3.05, 3.63) is 107 Å². The fourth-order valence-corrected chi connectivity index (χ4v) is 5.06. The minimum absolute atomic E-state index is 0.653. The summed E-state index contributed by atoms with van der Waals surface area (Å²) >= 11 is 6.13. The quantitative estimate of drug-likeness (QED) is 0.492. The number of hydrogen-bond donors (Lipinski definition) is 1. The predicted molar refractivity (Wildman–Crippen MR) is 130 cm³/mol. The summed E-state index contributed by atoms with van der Waals surface area (Å²) < 4.78 is 0. The Bertz CT molecular complexity index is 1010. The molecule has 0 radical (unpaired) electrons. The molecule has 1 aliphatic rings. The minimum Gasteiger partial charge on any atom is -0.385 e. The number of halogens is 1. The zero-order chi connectivity index (χ0) is 22.4. The van der Waals surface area contributed by atoms with Crippen LogP contribution in [0.4, 0.5) is 0 Å². The van der Waals surface area contributed by atoms with E-state index in [2.05, 4.69) is 35.2 Å². The Balaban J connectivity index is 1.42. The SMILES string of the molecule is N#CC(CCCN1CCC(O)(c2cccc(Cl)c2)CC1)(c1ccccc1)c1ccccc1. The number of aliphatic hydroxyl groups is 1. The molecule has 3 nitrogen and oxygen atoms in total. The van der Waals surface area contributed by atoms with Crippen molar-refractivity contribution in [2.75, 3.05) is 19.6 Å². The highest BCUT2D eigenvalue weighted by atomic mass is 35.5. The van der Waals surface area contributed by atoms with Crippen LogP contribution in [-0.2, 0) is 11.0 Å². The summed E-state index contributed by atoms with van der Waals surface area (Å²) in [5, 5.41) is 22.1. The lowest BCUT2D eigenvalue weighted by Crippen LogP contribution is -2.43. The Morgan fingerprint density at radius 2 is 1.50 bits per heavy atom. The summed E-state index contributed by atoms with van der Waals surface area (Å²) in [5.41, 5.74) is 1.53. The summed E-state index contributed by atoms with van der Waals surface area (Å²) in [4.78, 5) is 2.40. The van der Waals surface area contributed by atoms with Gasteiger partial charge in [-0.25, -0.2) is 0 Å². The van der Waals surface area contributed by atoms with E-state index >= 15 is 0 Å². The largest absolute Gasteiger partial charge is 0.385 e. The van der Waals surface area contributed by atoms with E-state index in [1.165, 1.54) is 0 Å². The maximum atomic E-state index is 11.1. The van der Waals surface area contributed by atoms with Gasteiger partial charge in [0.2, 0.25) is 0 Å². The van der Waals surface area contributed by atoms with Crippen molar-refractivity contribution < 1.29 is 5.11 Å². The van der Waals surface area contributed by atoms with E-state index in [0.717, 1.165) is 49.2 Å². The molecule has 4 rings (SSSR count). The number of nitrogens with zero attached hydrogens (tertiary/aromatic N) is 2. The molecular weight excluding hydrogens is 416 g/mol. The van der Waals surface area contributed by atoms with Crippen LogP contribution in [0.1, 0.15) is 42.4 Å². The van der Waals surface area contributed by atoms with Gasteiger partial charge in [-0.05, 0) is 61.1 Å². The molecular formula is C28H29ClN2O. The molecule has 3 aromatic rings. The number of piperidine rings is 1. The number of likely N-dealkylation sites (tertiary alicyclic amines) is 1. The second-order valence-corrected chi connectivity index (χ2v) is 9.17. The van der Waals surface area contributed by atoms with Crippen molar-refractivity contribution in [3.8, 4) is 6.07 Å². The van der Waals surface area contributed by atoms with E-state index in [-0.39, 0.29) is 0 Å². The summed E-state index contributed by atoms with van der Waals surface area (Å²) in [6, 6.07) is 30.5. The molecule has 0 bridgehead atoms. The first-order valence-corrected chi connectivity index (χ1v) is 11.7. The van der Waals surface area contributed by atoms with Gasteiger partial charge >= 0.3 is 0 Å². The van der Waals surface area contributed by atoms with E-state index in [1.807, 2.05) is 60.7 Å². The molecule has 1 N–H and O–H groups in total. The maximum absolute atomic E-state index is 11.1. The molecule has 1 heterocycles. The highest BCUT2D eigenvalue weighted by Gasteiger charge is 2.36. The predicted octanol–water partition coefficient (Wildman–Crippen LogP) is 5.91. The van der Waals surface area contributed by atoms with Crippen LogP contribution in [0.25, 0.3) is 0 Å². The smallest absolute Gasteiger partial charge is 0.107 e. The average molecular weight is 445 g/mol. The third-order valence-corrected chi connectivity index (χ3v) is 7.03. The van der Waals surface area contributed by atoms with E-state index in [1.54, 1.807) is 0 Å². The Kier molecular flexibility index (Phi) is 6.96. The first kappa shape index (κ1) is 22.6. The lowest BCUT2D eigenvalue weighted by atomic mass is 9.72. The molecule has 0 saturated carbocycles. The van der Waals surface area contributed by atoms with E-state index in [9.17, 15) is 10.4 Å². The molecule has 1 saturated heterocycles. The lowest BCUT2D eigenvalue weighted by molar-refractivity contribution is -0.0262. The zero-order valence-electron chi connectivity index (χ0n) is 18.3. The van der Waals surface area contributed by atoms with Crippen molar-refractivity contribution in [2.45, 2.75) is 36.7 Å². The zero-order valence-corrected chi connectivity index (χ0v) is 19.0. The number of rotatable bonds is 7. The Labute approximate surface area is 195 Å². The van der Waals surface area contributed by atoms with Gasteiger partial charge in [0.1, 0.15) is 5.41 Å². The summed E-state index contributed by atoms with van der Waals surface area (Å²) in [5.74, 6) is 0. The first-order chi connectivity index (χ1) is 15.6. The molecule has 0 aromatic heterocycles. The van der Waals surface area contributed by atoms with Crippen molar-refractivity contribution in [1.29, 1.82) is 5.26 Å². The van der Waals surface area contributed by atoms with Gasteiger partial charge in [-0.3, -0.25) is 0 Å². The van der Waals surface area contributed by atoms with Crippen LogP contribution in [0.3, 0.4) is 0 Å².